The molecule has 0 unspecified atom stereocenters. The molecule has 0 spiro atoms. The van der Waals surface area contributed by atoms with E-state index in [1.165, 1.54) is 0 Å². The SMILES string of the molecule is Cc1nc(COc2ccccc2C(=O)N[C@H](C)[C@@H]2CCCO2)no1. The molecule has 7 heteroatoms. The Balaban J connectivity index is 1.65. The fourth-order valence-electron chi connectivity index (χ4n) is 2.70. The average molecular weight is 331 g/mol. The molecule has 0 saturated carbocycles. The smallest absolute Gasteiger partial charge is 0.255 e. The summed E-state index contributed by atoms with van der Waals surface area (Å²) in [7, 11) is 0. The number of para-hydroxylation sites is 1. The molecule has 1 N–H and O–H groups in total. The summed E-state index contributed by atoms with van der Waals surface area (Å²) in [6.45, 7) is 4.57. The quantitative estimate of drug-likeness (QED) is 0.874. The summed E-state index contributed by atoms with van der Waals surface area (Å²) < 4.78 is 16.2. The second kappa shape index (κ2) is 7.44. The fourth-order valence-corrected chi connectivity index (χ4v) is 2.70. The van der Waals surface area contributed by atoms with Gasteiger partial charge in [-0.3, -0.25) is 4.79 Å². The van der Waals surface area contributed by atoms with Crippen molar-refractivity contribution in [1.29, 1.82) is 0 Å². The number of carbonyl (C=O) groups is 1. The number of aromatic nitrogens is 2. The standard InChI is InChI=1S/C17H21N3O4/c1-11(14-8-5-9-22-14)18-17(21)13-6-3-4-7-15(13)23-10-16-19-12(2)24-20-16/h3-4,6-7,11,14H,5,8-10H2,1-2H3,(H,18,21)/t11-,14+/m1/s1. The summed E-state index contributed by atoms with van der Waals surface area (Å²) in [6.07, 6.45) is 2.08. The highest BCUT2D eigenvalue weighted by Crippen LogP contribution is 2.20. The highest BCUT2D eigenvalue weighted by atomic mass is 16.5. The lowest BCUT2D eigenvalue weighted by molar-refractivity contribution is 0.0710. The third-order valence-corrected chi connectivity index (χ3v) is 3.94. The van der Waals surface area contributed by atoms with Crippen LogP contribution in [0.5, 0.6) is 5.75 Å². The van der Waals surface area contributed by atoms with Gasteiger partial charge in [-0.25, -0.2) is 0 Å². The van der Waals surface area contributed by atoms with Crippen molar-refractivity contribution in [2.75, 3.05) is 6.61 Å². The van der Waals surface area contributed by atoms with Gasteiger partial charge < -0.3 is 19.3 Å². The van der Waals surface area contributed by atoms with Crippen molar-refractivity contribution < 1.29 is 18.8 Å². The van der Waals surface area contributed by atoms with E-state index in [2.05, 4.69) is 15.5 Å². The highest BCUT2D eigenvalue weighted by molar-refractivity contribution is 5.97. The maximum absolute atomic E-state index is 12.6. The van der Waals surface area contributed by atoms with E-state index in [0.29, 0.717) is 23.0 Å². The summed E-state index contributed by atoms with van der Waals surface area (Å²) in [5.74, 6) is 1.22. The molecule has 1 amide bonds. The molecule has 7 nitrogen and oxygen atoms in total. The maximum atomic E-state index is 12.6. The molecule has 2 heterocycles. The number of carbonyl (C=O) groups excluding carboxylic acids is 1. The molecule has 1 aromatic heterocycles. The van der Waals surface area contributed by atoms with Crippen LogP contribution in [-0.2, 0) is 11.3 Å². The molecule has 0 aliphatic carbocycles. The molecule has 2 atom stereocenters. The lowest BCUT2D eigenvalue weighted by Crippen LogP contribution is -2.40. The Kier molecular flexibility index (Phi) is 5.10. The van der Waals surface area contributed by atoms with Gasteiger partial charge in [0, 0.05) is 13.5 Å². The topological polar surface area (TPSA) is 86.5 Å². The van der Waals surface area contributed by atoms with Gasteiger partial charge in [0.1, 0.15) is 5.75 Å². The molecule has 1 fully saturated rings. The summed E-state index contributed by atoms with van der Waals surface area (Å²) in [5.41, 5.74) is 0.475. The Morgan fingerprint density at radius 1 is 1.46 bits per heavy atom. The van der Waals surface area contributed by atoms with E-state index in [4.69, 9.17) is 14.0 Å². The normalized spacial score (nSPS) is 18.3. The number of hydrogen-bond donors (Lipinski definition) is 1. The van der Waals surface area contributed by atoms with Gasteiger partial charge in [0.2, 0.25) is 11.7 Å². The number of benzene rings is 1. The number of hydrogen-bond acceptors (Lipinski definition) is 6. The van der Waals surface area contributed by atoms with Crippen molar-refractivity contribution in [2.24, 2.45) is 0 Å². The van der Waals surface area contributed by atoms with Gasteiger partial charge in [0.05, 0.1) is 17.7 Å². The Bertz CT molecular complexity index is 695. The molecule has 2 aromatic rings. The first-order valence-corrected chi connectivity index (χ1v) is 8.07. The third-order valence-electron chi connectivity index (χ3n) is 3.94. The van der Waals surface area contributed by atoms with E-state index in [0.717, 1.165) is 19.4 Å². The highest BCUT2D eigenvalue weighted by Gasteiger charge is 2.25. The second-order valence-electron chi connectivity index (χ2n) is 5.83. The van der Waals surface area contributed by atoms with E-state index in [1.807, 2.05) is 13.0 Å². The minimum Gasteiger partial charge on any atom is -0.485 e. The van der Waals surface area contributed by atoms with Gasteiger partial charge in [-0.1, -0.05) is 17.3 Å². The Morgan fingerprint density at radius 3 is 3.00 bits per heavy atom. The minimum atomic E-state index is -0.183. The molecular weight excluding hydrogens is 310 g/mol. The molecule has 0 bridgehead atoms. The Labute approximate surface area is 140 Å². The molecule has 1 aliphatic heterocycles. The number of nitrogens with zero attached hydrogens (tertiary/aromatic N) is 2. The number of rotatable bonds is 6. The van der Waals surface area contributed by atoms with E-state index in [1.54, 1.807) is 25.1 Å². The average Bonchev–Trinajstić information content (AvgIpc) is 3.24. The lowest BCUT2D eigenvalue weighted by Gasteiger charge is -2.20. The van der Waals surface area contributed by atoms with Crippen molar-refractivity contribution in [1.82, 2.24) is 15.5 Å². The van der Waals surface area contributed by atoms with Crippen LogP contribution < -0.4 is 10.1 Å². The first-order chi connectivity index (χ1) is 11.6. The van der Waals surface area contributed by atoms with E-state index in [-0.39, 0.29) is 24.7 Å². The van der Waals surface area contributed by atoms with Crippen LogP contribution >= 0.6 is 0 Å². The van der Waals surface area contributed by atoms with Gasteiger partial charge >= 0.3 is 0 Å². The lowest BCUT2D eigenvalue weighted by atomic mass is 10.1. The van der Waals surface area contributed by atoms with Crippen LogP contribution in [0.2, 0.25) is 0 Å². The monoisotopic (exact) mass is 331 g/mol. The van der Waals surface area contributed by atoms with Gasteiger partial charge in [0.15, 0.2) is 6.61 Å². The maximum Gasteiger partial charge on any atom is 0.255 e. The molecule has 128 valence electrons. The first kappa shape index (κ1) is 16.4. The molecule has 1 aliphatic rings. The van der Waals surface area contributed by atoms with Crippen LogP contribution in [0.25, 0.3) is 0 Å². The summed E-state index contributed by atoms with van der Waals surface area (Å²) in [5, 5.41) is 6.76. The zero-order valence-corrected chi connectivity index (χ0v) is 13.8. The summed E-state index contributed by atoms with van der Waals surface area (Å²) >= 11 is 0. The zero-order chi connectivity index (χ0) is 16.9. The molecular formula is C17H21N3O4. The molecule has 0 radical (unpaired) electrons. The van der Waals surface area contributed by atoms with Gasteiger partial charge in [-0.15, -0.1) is 0 Å². The number of ether oxygens (including phenoxy) is 2. The summed E-state index contributed by atoms with van der Waals surface area (Å²) in [6, 6.07) is 7.05. The van der Waals surface area contributed by atoms with Crippen LogP contribution in [-0.4, -0.2) is 34.8 Å². The van der Waals surface area contributed by atoms with Crippen LogP contribution in [0.1, 0.15) is 41.8 Å². The van der Waals surface area contributed by atoms with Crippen LogP contribution in [0.3, 0.4) is 0 Å². The van der Waals surface area contributed by atoms with Gasteiger partial charge in [-0.2, -0.15) is 4.98 Å². The zero-order valence-electron chi connectivity index (χ0n) is 13.8. The summed E-state index contributed by atoms with van der Waals surface area (Å²) in [4.78, 5) is 16.6. The fraction of sp³-hybridized carbons (Fsp3) is 0.471. The van der Waals surface area contributed by atoms with Crippen molar-refractivity contribution in [3.05, 3.63) is 41.5 Å². The predicted octanol–water partition coefficient (Wildman–Crippen LogP) is 2.25. The number of nitrogens with one attached hydrogen (secondary N) is 1. The van der Waals surface area contributed by atoms with E-state index < -0.39 is 0 Å². The number of aryl methyl sites for hydroxylation is 1. The van der Waals surface area contributed by atoms with Crippen molar-refractivity contribution in [3.63, 3.8) is 0 Å². The Morgan fingerprint density at radius 2 is 2.29 bits per heavy atom. The van der Waals surface area contributed by atoms with Crippen LogP contribution in [0.15, 0.2) is 28.8 Å². The first-order valence-electron chi connectivity index (χ1n) is 8.07. The van der Waals surface area contributed by atoms with Crippen molar-refractivity contribution in [2.45, 2.75) is 45.4 Å². The minimum absolute atomic E-state index is 0.0482. The largest absolute Gasteiger partial charge is 0.485 e. The van der Waals surface area contributed by atoms with E-state index >= 15 is 0 Å². The predicted molar refractivity (Wildman–Crippen MR) is 85.7 cm³/mol. The van der Waals surface area contributed by atoms with E-state index in [9.17, 15) is 4.79 Å². The Hall–Kier alpha value is -2.41. The van der Waals surface area contributed by atoms with Crippen molar-refractivity contribution >= 4 is 5.91 Å². The molecule has 3 rings (SSSR count). The third kappa shape index (κ3) is 3.91. The number of amides is 1. The molecule has 1 saturated heterocycles. The van der Waals surface area contributed by atoms with Gasteiger partial charge in [0.25, 0.3) is 5.91 Å². The van der Waals surface area contributed by atoms with Crippen LogP contribution in [0, 0.1) is 6.92 Å². The van der Waals surface area contributed by atoms with Crippen LogP contribution in [0.4, 0.5) is 0 Å². The molecule has 1 aromatic carbocycles. The van der Waals surface area contributed by atoms with Gasteiger partial charge in [-0.05, 0) is 31.9 Å². The molecule has 24 heavy (non-hydrogen) atoms. The second-order valence-corrected chi connectivity index (χ2v) is 5.83. The van der Waals surface area contributed by atoms with Crippen molar-refractivity contribution in [3.8, 4) is 5.75 Å².